The van der Waals surface area contributed by atoms with Gasteiger partial charge < -0.3 is 10.6 Å². The van der Waals surface area contributed by atoms with Crippen molar-refractivity contribution in [3.8, 4) is 0 Å². The number of hydrogen-bond acceptors (Lipinski definition) is 2. The Morgan fingerprint density at radius 1 is 1.35 bits per heavy atom. The second-order valence-electron chi connectivity index (χ2n) is 5.05. The molecule has 1 heterocycles. The number of anilines is 1. The van der Waals surface area contributed by atoms with Gasteiger partial charge >= 0.3 is 0 Å². The average Bonchev–Trinajstić information content (AvgIpc) is 2.29. The summed E-state index contributed by atoms with van der Waals surface area (Å²) in [5, 5.41) is 0. The van der Waals surface area contributed by atoms with E-state index in [1.807, 2.05) is 6.07 Å². The minimum atomic E-state index is 0.499. The van der Waals surface area contributed by atoms with Gasteiger partial charge in [0.25, 0.3) is 0 Å². The fraction of sp³-hybridized carbons (Fsp3) is 0.500. The van der Waals surface area contributed by atoms with Crippen LogP contribution >= 0.6 is 12.2 Å². The summed E-state index contributed by atoms with van der Waals surface area (Å²) < 4.78 is 0. The highest BCUT2D eigenvalue weighted by Gasteiger charge is 2.19. The lowest BCUT2D eigenvalue weighted by molar-refractivity contribution is 0.438. The zero-order valence-corrected chi connectivity index (χ0v) is 11.4. The summed E-state index contributed by atoms with van der Waals surface area (Å²) in [7, 11) is 0. The van der Waals surface area contributed by atoms with Crippen molar-refractivity contribution in [2.45, 2.75) is 26.7 Å². The summed E-state index contributed by atoms with van der Waals surface area (Å²) in [5.41, 5.74) is 9.29. The van der Waals surface area contributed by atoms with Gasteiger partial charge in [-0.1, -0.05) is 25.2 Å². The summed E-state index contributed by atoms with van der Waals surface area (Å²) >= 11 is 5.14. The van der Waals surface area contributed by atoms with Gasteiger partial charge in [-0.25, -0.2) is 0 Å². The second-order valence-corrected chi connectivity index (χ2v) is 5.49. The quantitative estimate of drug-likeness (QED) is 0.816. The lowest BCUT2D eigenvalue weighted by Crippen LogP contribution is -2.34. The third-order valence-corrected chi connectivity index (χ3v) is 3.76. The smallest absolute Gasteiger partial charge is 0.106 e. The van der Waals surface area contributed by atoms with Gasteiger partial charge in [0.2, 0.25) is 0 Å². The van der Waals surface area contributed by atoms with Gasteiger partial charge in [-0.3, -0.25) is 0 Å². The summed E-state index contributed by atoms with van der Waals surface area (Å²) in [5.74, 6) is 0.837. The van der Waals surface area contributed by atoms with Crippen LogP contribution in [0.5, 0.6) is 0 Å². The summed E-state index contributed by atoms with van der Waals surface area (Å²) in [6, 6.07) is 6.32. The van der Waals surface area contributed by atoms with Crippen molar-refractivity contribution in [3.63, 3.8) is 0 Å². The minimum absolute atomic E-state index is 0.499. The first-order chi connectivity index (χ1) is 8.08. The molecule has 0 aromatic heterocycles. The van der Waals surface area contributed by atoms with Gasteiger partial charge in [-0.05, 0) is 43.4 Å². The number of piperidine rings is 1. The van der Waals surface area contributed by atoms with E-state index in [4.69, 9.17) is 18.0 Å². The molecule has 1 aromatic rings. The van der Waals surface area contributed by atoms with Crippen molar-refractivity contribution in [2.24, 2.45) is 11.7 Å². The molecule has 92 valence electrons. The fourth-order valence-electron chi connectivity index (χ4n) is 2.36. The number of nitrogens with zero attached hydrogens (tertiary/aromatic N) is 1. The van der Waals surface area contributed by atoms with Crippen LogP contribution in [-0.2, 0) is 0 Å². The van der Waals surface area contributed by atoms with Crippen molar-refractivity contribution < 1.29 is 0 Å². The third kappa shape index (κ3) is 2.78. The molecule has 0 saturated carbocycles. The largest absolute Gasteiger partial charge is 0.389 e. The highest BCUT2D eigenvalue weighted by molar-refractivity contribution is 7.80. The average molecular weight is 248 g/mol. The molecule has 0 unspecified atom stereocenters. The van der Waals surface area contributed by atoms with Crippen molar-refractivity contribution in [3.05, 3.63) is 29.3 Å². The third-order valence-electron chi connectivity index (χ3n) is 3.54. The number of rotatable bonds is 2. The van der Waals surface area contributed by atoms with Crippen LogP contribution in [0.2, 0.25) is 0 Å². The number of hydrogen-bond donors (Lipinski definition) is 1. The van der Waals surface area contributed by atoms with E-state index in [9.17, 15) is 0 Å². The van der Waals surface area contributed by atoms with E-state index < -0.39 is 0 Å². The molecular weight excluding hydrogens is 228 g/mol. The SMILES string of the molecule is Cc1ccc(C(N)=S)c(N2CCC(C)CC2)c1. The zero-order valence-electron chi connectivity index (χ0n) is 10.6. The number of nitrogens with two attached hydrogens (primary N) is 1. The van der Waals surface area contributed by atoms with Gasteiger partial charge in [-0.2, -0.15) is 0 Å². The molecule has 3 heteroatoms. The molecule has 0 atom stereocenters. The number of thiocarbonyl (C=S) groups is 1. The molecule has 2 N–H and O–H groups in total. The Kier molecular flexibility index (Phi) is 3.67. The Balaban J connectivity index is 2.30. The predicted molar refractivity (Wildman–Crippen MR) is 77.7 cm³/mol. The van der Waals surface area contributed by atoms with E-state index >= 15 is 0 Å². The minimum Gasteiger partial charge on any atom is -0.389 e. The van der Waals surface area contributed by atoms with Crippen molar-refractivity contribution in [2.75, 3.05) is 18.0 Å². The molecule has 1 aliphatic rings. The molecule has 0 amide bonds. The van der Waals surface area contributed by atoms with E-state index in [1.165, 1.54) is 24.1 Å². The number of benzene rings is 1. The Hall–Kier alpha value is -1.09. The van der Waals surface area contributed by atoms with Crippen LogP contribution in [0.1, 0.15) is 30.9 Å². The molecule has 2 rings (SSSR count). The van der Waals surface area contributed by atoms with Crippen molar-refractivity contribution in [1.29, 1.82) is 0 Å². The summed E-state index contributed by atoms with van der Waals surface area (Å²) in [4.78, 5) is 2.92. The van der Waals surface area contributed by atoms with E-state index in [-0.39, 0.29) is 0 Å². The Labute approximate surface area is 109 Å². The molecule has 1 fully saturated rings. The van der Waals surface area contributed by atoms with E-state index in [1.54, 1.807) is 0 Å². The molecule has 0 bridgehead atoms. The van der Waals surface area contributed by atoms with Crippen LogP contribution in [-0.4, -0.2) is 18.1 Å². The van der Waals surface area contributed by atoms with Gasteiger partial charge in [-0.15, -0.1) is 0 Å². The van der Waals surface area contributed by atoms with Crippen LogP contribution in [0.4, 0.5) is 5.69 Å². The monoisotopic (exact) mass is 248 g/mol. The lowest BCUT2D eigenvalue weighted by atomic mass is 9.97. The van der Waals surface area contributed by atoms with Gasteiger partial charge in [0.15, 0.2) is 0 Å². The van der Waals surface area contributed by atoms with Crippen LogP contribution in [0, 0.1) is 12.8 Å². The van der Waals surface area contributed by atoms with Gasteiger partial charge in [0, 0.05) is 24.3 Å². The molecule has 2 nitrogen and oxygen atoms in total. The fourth-order valence-corrected chi connectivity index (χ4v) is 2.53. The van der Waals surface area contributed by atoms with E-state index in [2.05, 4.69) is 30.9 Å². The summed E-state index contributed by atoms with van der Waals surface area (Å²) in [6.07, 6.45) is 2.51. The van der Waals surface area contributed by atoms with Crippen molar-refractivity contribution >= 4 is 22.9 Å². The second kappa shape index (κ2) is 5.05. The molecule has 1 aliphatic heterocycles. The molecule has 0 aliphatic carbocycles. The predicted octanol–water partition coefficient (Wildman–Crippen LogP) is 2.87. The lowest BCUT2D eigenvalue weighted by Gasteiger charge is -2.33. The zero-order chi connectivity index (χ0) is 12.4. The standard InChI is InChI=1S/C14H20N2S/c1-10-5-7-16(8-6-10)13-9-11(2)3-4-12(13)14(15)17/h3-4,9-10H,5-8H2,1-2H3,(H2,15,17). The first-order valence-electron chi connectivity index (χ1n) is 6.23. The van der Waals surface area contributed by atoms with Crippen LogP contribution in [0.3, 0.4) is 0 Å². The maximum Gasteiger partial charge on any atom is 0.106 e. The molecule has 0 radical (unpaired) electrons. The normalized spacial score (nSPS) is 17.2. The van der Waals surface area contributed by atoms with Gasteiger partial charge in [0.1, 0.15) is 4.99 Å². The topological polar surface area (TPSA) is 29.3 Å². The maximum atomic E-state index is 5.80. The molecule has 1 aromatic carbocycles. The van der Waals surface area contributed by atoms with Crippen LogP contribution in [0.25, 0.3) is 0 Å². The Morgan fingerprint density at radius 2 is 2.00 bits per heavy atom. The molecule has 17 heavy (non-hydrogen) atoms. The van der Waals surface area contributed by atoms with E-state index in [0.717, 1.165) is 24.6 Å². The number of aryl methyl sites for hydroxylation is 1. The highest BCUT2D eigenvalue weighted by atomic mass is 32.1. The van der Waals surface area contributed by atoms with Crippen molar-refractivity contribution in [1.82, 2.24) is 0 Å². The highest BCUT2D eigenvalue weighted by Crippen LogP contribution is 2.27. The van der Waals surface area contributed by atoms with Crippen LogP contribution in [0.15, 0.2) is 18.2 Å². The molecular formula is C14H20N2S. The Morgan fingerprint density at radius 3 is 2.59 bits per heavy atom. The van der Waals surface area contributed by atoms with E-state index in [0.29, 0.717) is 4.99 Å². The first kappa shape index (κ1) is 12.4. The molecule has 1 saturated heterocycles. The maximum absolute atomic E-state index is 5.80. The van der Waals surface area contributed by atoms with Crippen LogP contribution < -0.4 is 10.6 Å². The van der Waals surface area contributed by atoms with Gasteiger partial charge in [0.05, 0.1) is 0 Å². The first-order valence-corrected chi connectivity index (χ1v) is 6.64. The Bertz CT molecular complexity index is 420. The molecule has 0 spiro atoms. The summed E-state index contributed by atoms with van der Waals surface area (Å²) in [6.45, 7) is 6.65.